The van der Waals surface area contributed by atoms with Crippen molar-refractivity contribution in [2.75, 3.05) is 24.6 Å². The van der Waals surface area contributed by atoms with Crippen molar-refractivity contribution in [3.63, 3.8) is 0 Å². The van der Waals surface area contributed by atoms with Crippen LogP contribution in [0.5, 0.6) is 0 Å². The van der Waals surface area contributed by atoms with Crippen LogP contribution >= 0.6 is 43.5 Å². The molecule has 5 rings (SSSR count). The van der Waals surface area contributed by atoms with Gasteiger partial charge in [0.15, 0.2) is 5.71 Å². The Hall–Kier alpha value is -2.36. The summed E-state index contributed by atoms with van der Waals surface area (Å²) >= 11 is 14.6. The summed E-state index contributed by atoms with van der Waals surface area (Å²) in [6.45, 7) is 15.6. The highest BCUT2D eigenvalue weighted by Crippen LogP contribution is 2.49. The van der Waals surface area contributed by atoms with Crippen molar-refractivity contribution in [3.05, 3.63) is 103 Å². The summed E-state index contributed by atoms with van der Waals surface area (Å²) < 4.78 is 10.7. The first kappa shape index (κ1) is 32.0. The molecule has 1 unspecified atom stereocenters. The Labute approximate surface area is 279 Å². The smallest absolute Gasteiger partial charge is 0.209 e. The Bertz CT molecular complexity index is 1650. The predicted octanol–water partition coefficient (Wildman–Crippen LogP) is 10.1. The SMILES string of the molecule is C#CCOC1CC(/C=C/C2=[N+](CC)c3ccc(Br)cc3C2(C)C)=C(Cl)C(=C/C=C2/N(CC)c3ccc(Br)cc3C2(C)C)/C1. The number of nitrogens with zero attached hydrogens (tertiary/aromatic N) is 2. The number of likely N-dealkylation sites (N-methyl/N-ethyl adjacent to an activating group) is 1. The molecule has 43 heavy (non-hydrogen) atoms. The van der Waals surface area contributed by atoms with E-state index >= 15 is 0 Å². The minimum Gasteiger partial charge on any atom is -0.365 e. The molecule has 2 aliphatic heterocycles. The zero-order chi connectivity index (χ0) is 31.1. The number of anilines is 1. The second-order valence-electron chi connectivity index (χ2n) is 12.4. The lowest BCUT2D eigenvalue weighted by Gasteiger charge is -2.27. The largest absolute Gasteiger partial charge is 0.365 e. The number of hydrogen-bond acceptors (Lipinski definition) is 2. The van der Waals surface area contributed by atoms with Crippen molar-refractivity contribution in [1.82, 2.24) is 0 Å². The summed E-state index contributed by atoms with van der Waals surface area (Å²) in [5, 5.41) is 0.799. The molecule has 0 N–H and O–H groups in total. The highest BCUT2D eigenvalue weighted by atomic mass is 79.9. The van der Waals surface area contributed by atoms with Crippen LogP contribution in [-0.4, -0.2) is 36.1 Å². The molecular formula is C37H40Br2ClN2O+. The fourth-order valence-corrected chi connectivity index (χ4v) is 7.85. The van der Waals surface area contributed by atoms with Crippen molar-refractivity contribution < 1.29 is 9.31 Å². The van der Waals surface area contributed by atoms with E-state index in [2.05, 4.69) is 150 Å². The van der Waals surface area contributed by atoms with Crippen molar-refractivity contribution in [2.45, 2.75) is 71.3 Å². The van der Waals surface area contributed by atoms with Gasteiger partial charge >= 0.3 is 0 Å². The molecule has 3 aliphatic rings. The van der Waals surface area contributed by atoms with Crippen LogP contribution in [0, 0.1) is 12.3 Å². The molecule has 0 saturated carbocycles. The molecule has 3 nitrogen and oxygen atoms in total. The maximum absolute atomic E-state index is 7.21. The molecule has 2 aromatic rings. The molecule has 0 saturated heterocycles. The summed E-state index contributed by atoms with van der Waals surface area (Å²) in [4.78, 5) is 2.40. The molecule has 6 heteroatoms. The highest BCUT2D eigenvalue weighted by molar-refractivity contribution is 9.10. The molecule has 0 fully saturated rings. The van der Waals surface area contributed by atoms with E-state index in [9.17, 15) is 0 Å². The van der Waals surface area contributed by atoms with Crippen molar-refractivity contribution in [2.24, 2.45) is 0 Å². The molecular weight excluding hydrogens is 684 g/mol. The average Bonchev–Trinajstić information content (AvgIpc) is 3.32. The third kappa shape index (κ3) is 5.89. The van der Waals surface area contributed by atoms with Gasteiger partial charge in [0.05, 0.1) is 11.5 Å². The van der Waals surface area contributed by atoms with Gasteiger partial charge in [0, 0.05) is 67.9 Å². The van der Waals surface area contributed by atoms with Gasteiger partial charge in [0.25, 0.3) is 0 Å². The molecule has 1 aliphatic carbocycles. The van der Waals surface area contributed by atoms with E-state index in [1.807, 2.05) is 0 Å². The Morgan fingerprint density at radius 3 is 2.37 bits per heavy atom. The first-order chi connectivity index (χ1) is 20.4. The minimum absolute atomic E-state index is 0.0353. The molecule has 0 radical (unpaired) electrons. The second kappa shape index (κ2) is 12.6. The van der Waals surface area contributed by atoms with Crippen molar-refractivity contribution in [1.29, 1.82) is 0 Å². The van der Waals surface area contributed by atoms with Crippen LogP contribution in [0.3, 0.4) is 0 Å². The maximum Gasteiger partial charge on any atom is 0.209 e. The molecule has 0 aromatic heterocycles. The van der Waals surface area contributed by atoms with Crippen LogP contribution in [0.15, 0.2) is 91.5 Å². The third-order valence-electron chi connectivity index (χ3n) is 9.09. The average molecular weight is 724 g/mol. The van der Waals surface area contributed by atoms with Gasteiger partial charge in [-0.05, 0) is 80.8 Å². The van der Waals surface area contributed by atoms with E-state index in [0.29, 0.717) is 0 Å². The Kier molecular flexibility index (Phi) is 9.36. The third-order valence-corrected chi connectivity index (χ3v) is 10.6. The van der Waals surface area contributed by atoms with Gasteiger partial charge in [-0.1, -0.05) is 75.4 Å². The molecule has 0 spiro atoms. The van der Waals surface area contributed by atoms with Crippen LogP contribution in [0.25, 0.3) is 0 Å². The van der Waals surface area contributed by atoms with Crippen LogP contribution in [0.2, 0.25) is 0 Å². The zero-order valence-corrected chi connectivity index (χ0v) is 29.8. The maximum atomic E-state index is 7.21. The number of fused-ring (bicyclic) bond motifs is 2. The van der Waals surface area contributed by atoms with Gasteiger partial charge in [-0.2, -0.15) is 4.58 Å². The van der Waals surface area contributed by atoms with Crippen LogP contribution < -0.4 is 4.90 Å². The molecule has 0 amide bonds. The van der Waals surface area contributed by atoms with Crippen LogP contribution in [0.1, 0.15) is 65.5 Å². The molecule has 224 valence electrons. The van der Waals surface area contributed by atoms with Gasteiger partial charge in [0.2, 0.25) is 5.69 Å². The van der Waals surface area contributed by atoms with E-state index in [0.717, 1.165) is 51.1 Å². The predicted molar refractivity (Wildman–Crippen MR) is 189 cm³/mol. The number of benzene rings is 2. The van der Waals surface area contributed by atoms with Gasteiger partial charge in [-0.15, -0.1) is 6.42 Å². The Balaban J connectivity index is 1.55. The number of hydrogen-bond donors (Lipinski definition) is 0. The zero-order valence-electron chi connectivity index (χ0n) is 25.9. The summed E-state index contributed by atoms with van der Waals surface area (Å²) in [5.74, 6) is 2.64. The normalized spacial score (nSPS) is 22.6. The molecule has 2 aromatic carbocycles. The summed E-state index contributed by atoms with van der Waals surface area (Å²) in [7, 11) is 0. The number of ether oxygens (including phenoxy) is 1. The number of allylic oxidation sites excluding steroid dienone is 6. The minimum atomic E-state index is -0.141. The summed E-state index contributed by atoms with van der Waals surface area (Å²) in [6, 6.07) is 13.1. The topological polar surface area (TPSA) is 15.5 Å². The lowest BCUT2D eigenvalue weighted by atomic mass is 9.81. The van der Waals surface area contributed by atoms with E-state index in [-0.39, 0.29) is 23.5 Å². The Morgan fingerprint density at radius 2 is 1.70 bits per heavy atom. The fourth-order valence-electron chi connectivity index (χ4n) is 6.85. The lowest BCUT2D eigenvalue weighted by Crippen LogP contribution is -2.27. The standard InChI is InChI=1S/C37H40Br2ClN2O/c1-8-19-43-28-20-24(11-17-33-36(4,5)29-22-26(38)13-15-31(29)41(33)9-2)35(40)25(21-28)12-18-34-37(6,7)30-23-27(39)14-16-32(30)42(34)10-3/h1,11-18,22-23,28H,9-10,19-21H2,2-7H3/q+1. The van der Waals surface area contributed by atoms with Gasteiger partial charge in [-0.3, -0.25) is 0 Å². The molecule has 0 bridgehead atoms. The monoisotopic (exact) mass is 721 g/mol. The van der Waals surface area contributed by atoms with Crippen LogP contribution in [-0.2, 0) is 15.6 Å². The Morgan fingerprint density at radius 1 is 1.00 bits per heavy atom. The first-order valence-electron chi connectivity index (χ1n) is 15.0. The van der Waals surface area contributed by atoms with Gasteiger partial charge in [-0.25, -0.2) is 0 Å². The van der Waals surface area contributed by atoms with Crippen LogP contribution in [0.4, 0.5) is 11.4 Å². The fraction of sp³-hybridized carbons (Fsp3) is 0.378. The summed E-state index contributed by atoms with van der Waals surface area (Å²) in [6.07, 6.45) is 15.9. The lowest BCUT2D eigenvalue weighted by molar-refractivity contribution is -0.433. The van der Waals surface area contributed by atoms with E-state index in [1.54, 1.807) is 0 Å². The second-order valence-corrected chi connectivity index (χ2v) is 14.6. The number of halogens is 3. The molecule has 2 heterocycles. The summed E-state index contributed by atoms with van der Waals surface area (Å²) in [5.41, 5.74) is 9.54. The van der Waals surface area contributed by atoms with Gasteiger partial charge in [0.1, 0.15) is 13.2 Å². The number of rotatable bonds is 7. The first-order valence-corrected chi connectivity index (χ1v) is 17.0. The van der Waals surface area contributed by atoms with Crippen molar-refractivity contribution >= 4 is 60.5 Å². The molecule has 1 atom stereocenters. The highest BCUT2D eigenvalue weighted by Gasteiger charge is 2.44. The van der Waals surface area contributed by atoms with E-state index < -0.39 is 0 Å². The quantitative estimate of drug-likeness (QED) is 0.209. The van der Waals surface area contributed by atoms with E-state index in [4.69, 9.17) is 22.8 Å². The van der Waals surface area contributed by atoms with E-state index in [1.165, 1.54) is 33.9 Å². The van der Waals surface area contributed by atoms with Crippen molar-refractivity contribution in [3.8, 4) is 12.3 Å². The van der Waals surface area contributed by atoms with Gasteiger partial charge < -0.3 is 9.64 Å². The number of terminal acetylenes is 1.